The molecule has 24 heavy (non-hydrogen) atoms. The first kappa shape index (κ1) is 17.3. The first-order valence-corrected chi connectivity index (χ1v) is 7.34. The predicted molar refractivity (Wildman–Crippen MR) is 88.1 cm³/mol. The summed E-state index contributed by atoms with van der Waals surface area (Å²) in [4.78, 5) is 23.8. The van der Waals surface area contributed by atoms with Crippen LogP contribution in [0.4, 0.5) is 0 Å². The largest absolute Gasteiger partial charge is 0.497 e. The van der Waals surface area contributed by atoms with Gasteiger partial charge in [0.05, 0.1) is 14.2 Å². The van der Waals surface area contributed by atoms with Crippen molar-refractivity contribution in [3.05, 3.63) is 59.7 Å². The highest BCUT2D eigenvalue weighted by molar-refractivity contribution is 5.93. The van der Waals surface area contributed by atoms with Crippen LogP contribution in [0.3, 0.4) is 0 Å². The summed E-state index contributed by atoms with van der Waals surface area (Å²) in [6, 6.07) is 14.0. The Morgan fingerprint density at radius 1 is 0.958 bits per heavy atom. The third-order valence-corrected chi connectivity index (χ3v) is 3.31. The third-order valence-electron chi connectivity index (χ3n) is 3.31. The summed E-state index contributed by atoms with van der Waals surface area (Å²) >= 11 is 0. The van der Waals surface area contributed by atoms with Gasteiger partial charge in [-0.25, -0.2) is 4.79 Å². The van der Waals surface area contributed by atoms with Gasteiger partial charge in [0.1, 0.15) is 17.1 Å². The molecule has 0 atom stereocenters. The van der Waals surface area contributed by atoms with E-state index in [-0.39, 0.29) is 18.1 Å². The number of esters is 1. The van der Waals surface area contributed by atoms with E-state index in [1.807, 2.05) is 24.3 Å². The van der Waals surface area contributed by atoms with Crippen molar-refractivity contribution in [1.82, 2.24) is 5.32 Å². The highest BCUT2D eigenvalue weighted by atomic mass is 16.5. The number of carbonyl (C=O) groups is 2. The molecule has 0 aliphatic carbocycles. The molecule has 126 valence electrons. The van der Waals surface area contributed by atoms with Gasteiger partial charge in [-0.3, -0.25) is 4.79 Å². The molecule has 0 bridgehead atoms. The van der Waals surface area contributed by atoms with Crippen LogP contribution in [-0.4, -0.2) is 32.7 Å². The average Bonchev–Trinajstić information content (AvgIpc) is 2.64. The second kappa shape index (κ2) is 8.57. The Hall–Kier alpha value is -3.02. The van der Waals surface area contributed by atoms with E-state index >= 15 is 0 Å². The van der Waals surface area contributed by atoms with E-state index in [1.165, 1.54) is 7.11 Å². The number of carbonyl (C=O) groups excluding carboxylic acids is 2. The van der Waals surface area contributed by atoms with Gasteiger partial charge in [0.15, 0.2) is 6.61 Å². The van der Waals surface area contributed by atoms with Gasteiger partial charge in [-0.05, 0) is 29.8 Å². The number of hydrogen-bond acceptors (Lipinski definition) is 5. The topological polar surface area (TPSA) is 73.9 Å². The minimum Gasteiger partial charge on any atom is -0.497 e. The maximum Gasteiger partial charge on any atom is 0.342 e. The van der Waals surface area contributed by atoms with Crippen molar-refractivity contribution in [2.24, 2.45) is 0 Å². The van der Waals surface area contributed by atoms with Crippen LogP contribution in [0.1, 0.15) is 15.9 Å². The Morgan fingerprint density at radius 2 is 1.67 bits per heavy atom. The van der Waals surface area contributed by atoms with Crippen molar-refractivity contribution in [2.45, 2.75) is 6.54 Å². The highest BCUT2D eigenvalue weighted by Gasteiger charge is 2.14. The molecule has 0 spiro atoms. The van der Waals surface area contributed by atoms with Crippen molar-refractivity contribution in [2.75, 3.05) is 20.8 Å². The van der Waals surface area contributed by atoms with E-state index in [4.69, 9.17) is 14.2 Å². The summed E-state index contributed by atoms with van der Waals surface area (Å²) in [6.07, 6.45) is 0. The molecule has 2 rings (SSSR count). The summed E-state index contributed by atoms with van der Waals surface area (Å²) in [5, 5.41) is 2.68. The fourth-order valence-corrected chi connectivity index (χ4v) is 2.02. The first-order chi connectivity index (χ1) is 11.6. The molecule has 1 amide bonds. The van der Waals surface area contributed by atoms with Crippen molar-refractivity contribution in [3.8, 4) is 11.5 Å². The van der Waals surface area contributed by atoms with Crippen molar-refractivity contribution >= 4 is 11.9 Å². The van der Waals surface area contributed by atoms with Gasteiger partial charge >= 0.3 is 5.97 Å². The molecular weight excluding hydrogens is 310 g/mol. The Balaban J connectivity index is 1.81. The minimum atomic E-state index is -0.605. The van der Waals surface area contributed by atoms with Gasteiger partial charge in [-0.2, -0.15) is 0 Å². The van der Waals surface area contributed by atoms with E-state index in [0.717, 1.165) is 11.3 Å². The zero-order valence-corrected chi connectivity index (χ0v) is 13.6. The summed E-state index contributed by atoms with van der Waals surface area (Å²) in [7, 11) is 3.06. The summed E-state index contributed by atoms with van der Waals surface area (Å²) in [6.45, 7) is -0.0118. The quantitative estimate of drug-likeness (QED) is 0.788. The van der Waals surface area contributed by atoms with E-state index in [1.54, 1.807) is 31.4 Å². The van der Waals surface area contributed by atoms with Crippen LogP contribution in [0, 0.1) is 0 Å². The highest BCUT2D eigenvalue weighted by Crippen LogP contribution is 2.18. The van der Waals surface area contributed by atoms with Gasteiger partial charge in [-0.1, -0.05) is 24.3 Å². The number of ether oxygens (including phenoxy) is 3. The van der Waals surface area contributed by atoms with Crippen LogP contribution in [0.2, 0.25) is 0 Å². The first-order valence-electron chi connectivity index (χ1n) is 7.34. The standard InChI is InChI=1S/C18H19NO5/c1-22-14-9-7-13(8-10-14)11-19-17(20)12-24-18(21)15-5-3-4-6-16(15)23-2/h3-10H,11-12H2,1-2H3,(H,19,20). The van der Waals surface area contributed by atoms with E-state index in [9.17, 15) is 9.59 Å². The van der Waals surface area contributed by atoms with Crippen LogP contribution in [-0.2, 0) is 16.1 Å². The summed E-state index contributed by atoms with van der Waals surface area (Å²) < 4.78 is 15.2. The zero-order valence-electron chi connectivity index (χ0n) is 13.6. The Kier molecular flexibility index (Phi) is 6.19. The number of amides is 1. The normalized spacial score (nSPS) is 9.92. The molecule has 0 heterocycles. The van der Waals surface area contributed by atoms with Crippen molar-refractivity contribution < 1.29 is 23.8 Å². The van der Waals surface area contributed by atoms with Crippen LogP contribution in [0.25, 0.3) is 0 Å². The monoisotopic (exact) mass is 329 g/mol. The molecule has 2 aromatic carbocycles. The molecule has 0 aromatic heterocycles. The molecule has 6 nitrogen and oxygen atoms in total. The van der Waals surface area contributed by atoms with Crippen LogP contribution >= 0.6 is 0 Å². The fraction of sp³-hybridized carbons (Fsp3) is 0.222. The SMILES string of the molecule is COc1ccc(CNC(=O)COC(=O)c2ccccc2OC)cc1. The van der Waals surface area contributed by atoms with Crippen molar-refractivity contribution in [1.29, 1.82) is 0 Å². The van der Waals surface area contributed by atoms with Crippen LogP contribution in [0.5, 0.6) is 11.5 Å². The molecule has 2 aromatic rings. The lowest BCUT2D eigenvalue weighted by atomic mass is 10.2. The van der Waals surface area contributed by atoms with Gasteiger partial charge in [0, 0.05) is 6.54 Å². The second-order valence-corrected chi connectivity index (χ2v) is 4.90. The van der Waals surface area contributed by atoms with E-state index < -0.39 is 5.97 Å². The number of rotatable bonds is 7. The molecule has 0 unspecified atom stereocenters. The van der Waals surface area contributed by atoms with Gasteiger partial charge in [0.25, 0.3) is 5.91 Å². The third kappa shape index (κ3) is 4.74. The minimum absolute atomic E-state index is 0.281. The average molecular weight is 329 g/mol. The molecule has 0 aliphatic rings. The summed E-state index contributed by atoms with van der Waals surface area (Å²) in [5.74, 6) is 0.165. The molecule has 0 saturated heterocycles. The van der Waals surface area contributed by atoms with Gasteiger partial charge in [-0.15, -0.1) is 0 Å². The smallest absolute Gasteiger partial charge is 0.342 e. The molecule has 0 fully saturated rings. The number of nitrogens with one attached hydrogen (secondary N) is 1. The van der Waals surface area contributed by atoms with E-state index in [2.05, 4.69) is 5.32 Å². The zero-order chi connectivity index (χ0) is 17.4. The lowest BCUT2D eigenvalue weighted by molar-refractivity contribution is -0.124. The number of para-hydroxylation sites is 1. The molecule has 1 N–H and O–H groups in total. The van der Waals surface area contributed by atoms with Crippen molar-refractivity contribution in [3.63, 3.8) is 0 Å². The maximum atomic E-state index is 12.0. The Bertz CT molecular complexity index is 697. The van der Waals surface area contributed by atoms with E-state index in [0.29, 0.717) is 12.3 Å². The summed E-state index contributed by atoms with van der Waals surface area (Å²) in [5.41, 5.74) is 1.20. The lowest BCUT2D eigenvalue weighted by Gasteiger charge is -2.09. The molecule has 0 radical (unpaired) electrons. The number of methoxy groups -OCH3 is 2. The molecular formula is C18H19NO5. The predicted octanol–water partition coefficient (Wildman–Crippen LogP) is 2.18. The fourth-order valence-electron chi connectivity index (χ4n) is 2.02. The molecule has 0 aliphatic heterocycles. The molecule has 6 heteroatoms. The molecule has 0 saturated carbocycles. The number of benzene rings is 2. The Morgan fingerprint density at radius 3 is 2.33 bits per heavy atom. The number of hydrogen-bond donors (Lipinski definition) is 1. The maximum absolute atomic E-state index is 12.0. The van der Waals surface area contributed by atoms with Crippen LogP contribution < -0.4 is 14.8 Å². The Labute approximate surface area is 140 Å². The second-order valence-electron chi connectivity index (χ2n) is 4.90. The van der Waals surface area contributed by atoms with Crippen LogP contribution in [0.15, 0.2) is 48.5 Å². The van der Waals surface area contributed by atoms with Gasteiger partial charge < -0.3 is 19.5 Å². The van der Waals surface area contributed by atoms with Gasteiger partial charge in [0.2, 0.25) is 0 Å². The lowest BCUT2D eigenvalue weighted by Crippen LogP contribution is -2.28.